The van der Waals surface area contributed by atoms with E-state index in [1.807, 2.05) is 0 Å². The Balaban J connectivity index is 1.42. The summed E-state index contributed by atoms with van der Waals surface area (Å²) >= 11 is 0. The highest BCUT2D eigenvalue weighted by Crippen LogP contribution is 2.37. The quantitative estimate of drug-likeness (QED) is 0.183. The van der Waals surface area contributed by atoms with Crippen molar-refractivity contribution in [3.8, 4) is 27.9 Å². The van der Waals surface area contributed by atoms with Crippen LogP contribution in [0.4, 0.5) is 0 Å². The van der Waals surface area contributed by atoms with E-state index < -0.39 is 0 Å². The normalized spacial score (nSPS) is 11.6. The highest BCUT2D eigenvalue weighted by Gasteiger charge is 2.14. The second-order valence-corrected chi connectivity index (χ2v) is 9.81. The molecule has 0 fully saturated rings. The zero-order chi connectivity index (χ0) is 28.0. The van der Waals surface area contributed by atoms with E-state index in [1.54, 1.807) is 0 Å². The first-order valence-corrected chi connectivity index (χ1v) is 13.5. The lowest BCUT2D eigenvalue weighted by molar-refractivity contribution is 0.235. The highest BCUT2D eigenvalue weighted by molar-refractivity contribution is 6.11. The van der Waals surface area contributed by atoms with Gasteiger partial charge < -0.3 is 25.5 Å². The molecule has 0 radical (unpaired) electrons. The fraction of sp³-hybridized carbons (Fsp3) is 0.0556. The first kappa shape index (κ1) is 25.8. The van der Waals surface area contributed by atoms with Crippen molar-refractivity contribution in [3.05, 3.63) is 151 Å². The van der Waals surface area contributed by atoms with Gasteiger partial charge in [0.25, 0.3) is 0 Å². The van der Waals surface area contributed by atoms with Gasteiger partial charge in [-0.25, -0.2) is 0 Å². The molecule has 5 heteroatoms. The van der Waals surface area contributed by atoms with E-state index >= 15 is 0 Å². The maximum Gasteiger partial charge on any atom is 0.112 e. The van der Waals surface area contributed by atoms with E-state index in [9.17, 15) is 0 Å². The van der Waals surface area contributed by atoms with Crippen LogP contribution in [0.2, 0.25) is 0 Å². The van der Waals surface area contributed by atoms with Gasteiger partial charge in [0.05, 0.1) is 23.6 Å². The summed E-state index contributed by atoms with van der Waals surface area (Å²) in [6, 6.07) is 40.9. The summed E-state index contributed by atoms with van der Waals surface area (Å²) in [5.74, 6) is 0. The van der Waals surface area contributed by atoms with E-state index in [4.69, 9.17) is 20.9 Å². The van der Waals surface area contributed by atoms with Gasteiger partial charge in [0, 0.05) is 28.9 Å². The minimum atomic E-state index is 0.486. The van der Waals surface area contributed by atoms with Crippen molar-refractivity contribution >= 4 is 21.8 Å². The summed E-state index contributed by atoms with van der Waals surface area (Å²) in [7, 11) is 0. The maximum atomic E-state index is 5.42. The molecule has 4 N–H and O–H groups in total. The van der Waals surface area contributed by atoms with Crippen LogP contribution in [0, 0.1) is 0 Å². The monoisotopic (exact) mass is 537 g/mol. The number of nitrogens with two attached hydrogens (primary N) is 2. The third kappa shape index (κ3) is 5.38. The number of fused-ring (bicyclic) bond motifs is 3. The van der Waals surface area contributed by atoms with Crippen LogP contribution >= 0.6 is 0 Å². The van der Waals surface area contributed by atoms with E-state index in [0.29, 0.717) is 13.2 Å². The number of ether oxygens (including phenoxy) is 2. The second-order valence-electron chi connectivity index (χ2n) is 9.81. The van der Waals surface area contributed by atoms with Crippen molar-refractivity contribution in [2.24, 2.45) is 11.5 Å². The van der Waals surface area contributed by atoms with E-state index in [2.05, 4.69) is 120 Å². The van der Waals surface area contributed by atoms with Gasteiger partial charge in [-0.3, -0.25) is 0 Å². The van der Waals surface area contributed by atoms with Crippen LogP contribution in [0.15, 0.2) is 140 Å². The van der Waals surface area contributed by atoms with E-state index in [0.717, 1.165) is 39.1 Å². The Morgan fingerprint density at radius 1 is 0.512 bits per heavy atom. The summed E-state index contributed by atoms with van der Waals surface area (Å²) < 4.78 is 13.2. The van der Waals surface area contributed by atoms with Crippen molar-refractivity contribution in [1.29, 1.82) is 0 Å². The molecule has 1 aromatic heterocycles. The van der Waals surface area contributed by atoms with Crippen molar-refractivity contribution in [1.82, 2.24) is 4.57 Å². The predicted octanol–water partition coefficient (Wildman–Crippen LogP) is 8.01. The predicted molar refractivity (Wildman–Crippen MR) is 168 cm³/mol. The van der Waals surface area contributed by atoms with Gasteiger partial charge in [0.1, 0.15) is 13.2 Å². The molecule has 0 bridgehead atoms. The molecule has 6 aromatic rings. The van der Waals surface area contributed by atoms with Crippen LogP contribution in [0.3, 0.4) is 0 Å². The second kappa shape index (κ2) is 11.8. The molecule has 0 unspecified atom stereocenters. The van der Waals surface area contributed by atoms with Gasteiger partial charge in [0.2, 0.25) is 0 Å². The molecular weight excluding hydrogens is 506 g/mol. The number of rotatable bonds is 9. The van der Waals surface area contributed by atoms with Crippen molar-refractivity contribution in [2.45, 2.75) is 13.2 Å². The Bertz CT molecular complexity index is 1720. The number of nitrogens with zero attached hydrogens (tertiary/aromatic N) is 1. The first-order valence-electron chi connectivity index (χ1n) is 13.5. The number of aromatic nitrogens is 1. The third-order valence-corrected chi connectivity index (χ3v) is 7.21. The van der Waals surface area contributed by atoms with Crippen LogP contribution in [0.5, 0.6) is 0 Å². The molecule has 0 atom stereocenters. The molecule has 6 rings (SSSR count). The van der Waals surface area contributed by atoms with Crippen LogP contribution < -0.4 is 11.5 Å². The van der Waals surface area contributed by atoms with Crippen LogP contribution in [0.25, 0.3) is 49.7 Å². The Morgan fingerprint density at radius 2 is 0.951 bits per heavy atom. The summed E-state index contributed by atoms with van der Waals surface area (Å²) in [6.45, 7) is 0.972. The Labute approximate surface area is 239 Å². The first-order chi connectivity index (χ1) is 20.2. The zero-order valence-electron chi connectivity index (χ0n) is 22.6. The molecule has 1 heterocycles. The number of hydrogen-bond donors (Lipinski definition) is 2. The van der Waals surface area contributed by atoms with Gasteiger partial charge >= 0.3 is 0 Å². The summed E-state index contributed by atoms with van der Waals surface area (Å²) in [5.41, 5.74) is 21.0. The molecule has 202 valence electrons. The average Bonchev–Trinajstić information content (AvgIpc) is 3.35. The van der Waals surface area contributed by atoms with Crippen LogP contribution in [0.1, 0.15) is 11.1 Å². The molecule has 0 saturated heterocycles. The Morgan fingerprint density at radius 3 is 1.39 bits per heavy atom. The topological polar surface area (TPSA) is 75.4 Å². The molecule has 5 aromatic carbocycles. The van der Waals surface area contributed by atoms with Crippen LogP contribution in [-0.2, 0) is 22.7 Å². The Hall–Kier alpha value is -5.42. The average molecular weight is 538 g/mol. The SMILES string of the molecule is N/C=C\OCc1ccc(-c2ccc3c4ccc(-c5ccc(CO/C=C\N)cc5)cc4n(-c4ccccc4)c3c2)cc1. The molecule has 0 aliphatic carbocycles. The van der Waals surface area contributed by atoms with Crippen molar-refractivity contribution in [2.75, 3.05) is 0 Å². The number of para-hydroxylation sites is 1. The van der Waals surface area contributed by atoms with Gasteiger partial charge in [-0.1, -0.05) is 91.0 Å². The van der Waals surface area contributed by atoms with Gasteiger partial charge in [-0.2, -0.15) is 0 Å². The number of hydrogen-bond acceptors (Lipinski definition) is 4. The molecule has 0 amide bonds. The molecule has 41 heavy (non-hydrogen) atoms. The highest BCUT2D eigenvalue weighted by atomic mass is 16.5. The third-order valence-electron chi connectivity index (χ3n) is 7.21. The lowest BCUT2D eigenvalue weighted by Crippen LogP contribution is -1.94. The fourth-order valence-electron chi connectivity index (χ4n) is 5.22. The molecule has 0 aliphatic heterocycles. The molecule has 0 aliphatic rings. The number of benzene rings is 5. The van der Waals surface area contributed by atoms with Crippen molar-refractivity contribution < 1.29 is 9.47 Å². The molecule has 5 nitrogen and oxygen atoms in total. The summed E-state index contributed by atoms with van der Waals surface area (Å²) in [6.07, 6.45) is 5.80. The fourth-order valence-corrected chi connectivity index (χ4v) is 5.22. The van der Waals surface area contributed by atoms with Crippen LogP contribution in [-0.4, -0.2) is 4.57 Å². The Kier molecular flexibility index (Phi) is 7.41. The smallest absolute Gasteiger partial charge is 0.112 e. The summed E-state index contributed by atoms with van der Waals surface area (Å²) in [5, 5.41) is 2.44. The maximum absolute atomic E-state index is 5.42. The van der Waals surface area contributed by atoms with E-state index in [1.165, 1.54) is 46.7 Å². The summed E-state index contributed by atoms with van der Waals surface area (Å²) in [4.78, 5) is 0. The van der Waals surface area contributed by atoms with Crippen molar-refractivity contribution in [3.63, 3.8) is 0 Å². The zero-order valence-corrected chi connectivity index (χ0v) is 22.6. The van der Waals surface area contributed by atoms with Gasteiger partial charge in [0.15, 0.2) is 0 Å². The van der Waals surface area contributed by atoms with Gasteiger partial charge in [-0.15, -0.1) is 0 Å². The minimum Gasteiger partial charge on any atom is -0.495 e. The molecule has 0 spiro atoms. The largest absolute Gasteiger partial charge is 0.495 e. The minimum absolute atomic E-state index is 0.486. The molecular formula is C36H31N3O2. The lowest BCUT2D eigenvalue weighted by atomic mass is 10.0. The lowest BCUT2D eigenvalue weighted by Gasteiger charge is -2.10. The van der Waals surface area contributed by atoms with Gasteiger partial charge in [-0.05, 0) is 57.6 Å². The van der Waals surface area contributed by atoms with E-state index in [-0.39, 0.29) is 0 Å². The molecule has 0 saturated carbocycles. The standard InChI is InChI=1S/C36H31N3O2/c37-18-20-40-24-26-6-10-28(11-7-26)30-14-16-33-34-17-15-31(29-12-8-27(9-13-29)25-41-21-19-38)23-36(34)39(35(33)22-30)32-4-2-1-3-5-32/h1-23H,24-25,37-38H2/b20-18-,21-19-.